The molecule has 0 radical (unpaired) electrons. The maximum absolute atomic E-state index is 4.30. The summed E-state index contributed by atoms with van der Waals surface area (Å²) in [5.74, 6) is 0. The molecule has 0 saturated heterocycles. The van der Waals surface area contributed by atoms with Crippen molar-refractivity contribution in [3.8, 4) is 0 Å². The van der Waals surface area contributed by atoms with Crippen LogP contribution in [-0.4, -0.2) is 9.97 Å². The standard InChI is InChI=1S/C9H6Br2N2/c1-5-2-3-12-9-7(11)6(10)4-13-8(5)9/h2-4H,1H3. The van der Waals surface area contributed by atoms with Gasteiger partial charge in [0.05, 0.1) is 14.5 Å². The fourth-order valence-electron chi connectivity index (χ4n) is 1.17. The Morgan fingerprint density at radius 3 is 2.69 bits per heavy atom. The van der Waals surface area contributed by atoms with Gasteiger partial charge in [0.2, 0.25) is 0 Å². The molecule has 0 aromatic carbocycles. The number of aryl methyl sites for hydroxylation is 1. The van der Waals surface area contributed by atoms with Crippen LogP contribution in [0.2, 0.25) is 0 Å². The van der Waals surface area contributed by atoms with Crippen LogP contribution in [0.5, 0.6) is 0 Å². The third kappa shape index (κ3) is 1.48. The lowest BCUT2D eigenvalue weighted by molar-refractivity contribution is 1.27. The van der Waals surface area contributed by atoms with Gasteiger partial charge in [-0.3, -0.25) is 9.97 Å². The third-order valence-electron chi connectivity index (χ3n) is 1.85. The van der Waals surface area contributed by atoms with E-state index < -0.39 is 0 Å². The summed E-state index contributed by atoms with van der Waals surface area (Å²) < 4.78 is 1.89. The molecule has 0 amide bonds. The molecular formula is C9H6Br2N2. The monoisotopic (exact) mass is 300 g/mol. The molecule has 0 unspecified atom stereocenters. The van der Waals surface area contributed by atoms with Gasteiger partial charge in [0.25, 0.3) is 0 Å². The summed E-state index contributed by atoms with van der Waals surface area (Å²) >= 11 is 6.86. The van der Waals surface area contributed by atoms with Crippen LogP contribution in [0.15, 0.2) is 27.4 Å². The quantitative estimate of drug-likeness (QED) is 0.745. The summed E-state index contributed by atoms with van der Waals surface area (Å²) in [5.41, 5.74) is 2.98. The highest BCUT2D eigenvalue weighted by atomic mass is 79.9. The van der Waals surface area contributed by atoms with Crippen molar-refractivity contribution in [2.24, 2.45) is 0 Å². The maximum atomic E-state index is 4.30. The van der Waals surface area contributed by atoms with E-state index in [4.69, 9.17) is 0 Å². The Labute approximate surface area is 92.7 Å². The van der Waals surface area contributed by atoms with E-state index in [2.05, 4.69) is 41.8 Å². The van der Waals surface area contributed by atoms with Crippen molar-refractivity contribution in [1.82, 2.24) is 9.97 Å². The summed E-state index contributed by atoms with van der Waals surface area (Å²) in [6.45, 7) is 2.03. The summed E-state index contributed by atoms with van der Waals surface area (Å²) in [5, 5.41) is 0. The van der Waals surface area contributed by atoms with Crippen LogP contribution < -0.4 is 0 Å². The average molecular weight is 302 g/mol. The van der Waals surface area contributed by atoms with Crippen molar-refractivity contribution in [2.75, 3.05) is 0 Å². The van der Waals surface area contributed by atoms with Crippen molar-refractivity contribution in [3.05, 3.63) is 33.0 Å². The van der Waals surface area contributed by atoms with E-state index in [0.29, 0.717) is 0 Å². The second kappa shape index (κ2) is 3.35. The van der Waals surface area contributed by atoms with E-state index in [1.54, 1.807) is 12.4 Å². The van der Waals surface area contributed by atoms with E-state index in [1.807, 2.05) is 13.0 Å². The second-order valence-corrected chi connectivity index (χ2v) is 4.39. The van der Waals surface area contributed by atoms with Crippen molar-refractivity contribution in [2.45, 2.75) is 6.92 Å². The third-order valence-corrected chi connectivity index (χ3v) is 3.79. The van der Waals surface area contributed by atoms with Gasteiger partial charge in [-0.1, -0.05) is 0 Å². The van der Waals surface area contributed by atoms with Gasteiger partial charge in [0.15, 0.2) is 0 Å². The molecule has 2 nitrogen and oxygen atoms in total. The van der Waals surface area contributed by atoms with Crippen LogP contribution in [0, 0.1) is 6.92 Å². The first-order chi connectivity index (χ1) is 6.20. The fraction of sp³-hybridized carbons (Fsp3) is 0.111. The molecule has 0 aliphatic heterocycles. The van der Waals surface area contributed by atoms with Gasteiger partial charge in [0, 0.05) is 12.4 Å². The molecule has 0 N–H and O–H groups in total. The molecular weight excluding hydrogens is 296 g/mol. The second-order valence-electron chi connectivity index (χ2n) is 2.75. The molecule has 2 aromatic heterocycles. The van der Waals surface area contributed by atoms with Gasteiger partial charge in [-0.2, -0.15) is 0 Å². The molecule has 13 heavy (non-hydrogen) atoms. The van der Waals surface area contributed by atoms with Crippen LogP contribution in [0.3, 0.4) is 0 Å². The molecule has 0 fully saturated rings. The van der Waals surface area contributed by atoms with E-state index in [-0.39, 0.29) is 0 Å². The number of nitrogens with zero attached hydrogens (tertiary/aromatic N) is 2. The van der Waals surface area contributed by atoms with Crippen LogP contribution in [0.4, 0.5) is 0 Å². The highest BCUT2D eigenvalue weighted by Crippen LogP contribution is 2.29. The smallest absolute Gasteiger partial charge is 0.104 e. The molecule has 0 bridgehead atoms. The number of hydrogen-bond donors (Lipinski definition) is 0. The van der Waals surface area contributed by atoms with E-state index >= 15 is 0 Å². The molecule has 4 heteroatoms. The molecule has 0 atom stereocenters. The van der Waals surface area contributed by atoms with Crippen molar-refractivity contribution in [1.29, 1.82) is 0 Å². The zero-order valence-electron chi connectivity index (χ0n) is 6.88. The van der Waals surface area contributed by atoms with Gasteiger partial charge in [-0.05, 0) is 50.4 Å². The van der Waals surface area contributed by atoms with Gasteiger partial charge in [-0.15, -0.1) is 0 Å². The Balaban J connectivity index is 2.94. The van der Waals surface area contributed by atoms with Gasteiger partial charge >= 0.3 is 0 Å². The molecule has 0 aliphatic rings. The van der Waals surface area contributed by atoms with E-state index in [1.165, 1.54) is 0 Å². The highest BCUT2D eigenvalue weighted by molar-refractivity contribution is 9.13. The minimum Gasteiger partial charge on any atom is -0.253 e. The zero-order chi connectivity index (χ0) is 9.42. The zero-order valence-corrected chi connectivity index (χ0v) is 10.1. The SMILES string of the molecule is Cc1ccnc2c(Br)c(Br)cnc12. The number of pyridine rings is 2. The Morgan fingerprint density at radius 2 is 1.92 bits per heavy atom. The maximum Gasteiger partial charge on any atom is 0.104 e. The molecule has 0 aliphatic carbocycles. The van der Waals surface area contributed by atoms with Crippen molar-refractivity contribution < 1.29 is 0 Å². The van der Waals surface area contributed by atoms with Gasteiger partial charge in [-0.25, -0.2) is 0 Å². The number of hydrogen-bond acceptors (Lipinski definition) is 2. The van der Waals surface area contributed by atoms with E-state index in [9.17, 15) is 0 Å². The Hall–Kier alpha value is -0.480. The molecule has 2 aromatic rings. The average Bonchev–Trinajstić information content (AvgIpc) is 2.12. The molecule has 66 valence electrons. The number of halogens is 2. The first kappa shape index (κ1) is 9.09. The largest absolute Gasteiger partial charge is 0.253 e. The minimum absolute atomic E-state index is 0.898. The lowest BCUT2D eigenvalue weighted by Gasteiger charge is -2.02. The normalized spacial score (nSPS) is 10.7. The number of aromatic nitrogens is 2. The number of rotatable bonds is 0. The Kier molecular flexibility index (Phi) is 2.34. The molecule has 2 heterocycles. The number of fused-ring (bicyclic) bond motifs is 1. The van der Waals surface area contributed by atoms with Gasteiger partial charge in [0.1, 0.15) is 5.52 Å². The predicted molar refractivity (Wildman–Crippen MR) is 59.7 cm³/mol. The lowest BCUT2D eigenvalue weighted by atomic mass is 10.2. The lowest BCUT2D eigenvalue weighted by Crippen LogP contribution is -1.87. The topological polar surface area (TPSA) is 25.8 Å². The van der Waals surface area contributed by atoms with Crippen LogP contribution >= 0.6 is 31.9 Å². The van der Waals surface area contributed by atoms with Gasteiger partial charge < -0.3 is 0 Å². The Bertz CT molecular complexity index is 468. The van der Waals surface area contributed by atoms with Crippen molar-refractivity contribution >= 4 is 42.9 Å². The summed E-state index contributed by atoms with van der Waals surface area (Å²) in [7, 11) is 0. The fourth-order valence-corrected chi connectivity index (χ4v) is 1.85. The van der Waals surface area contributed by atoms with Crippen LogP contribution in [0.25, 0.3) is 11.0 Å². The van der Waals surface area contributed by atoms with E-state index in [0.717, 1.165) is 25.5 Å². The summed E-state index contributed by atoms with van der Waals surface area (Å²) in [6, 6.07) is 1.95. The molecule has 2 rings (SSSR count). The Morgan fingerprint density at radius 1 is 1.15 bits per heavy atom. The molecule has 0 saturated carbocycles. The first-order valence-corrected chi connectivity index (χ1v) is 5.34. The van der Waals surface area contributed by atoms with Crippen molar-refractivity contribution in [3.63, 3.8) is 0 Å². The van der Waals surface area contributed by atoms with Crippen LogP contribution in [-0.2, 0) is 0 Å². The summed E-state index contributed by atoms with van der Waals surface area (Å²) in [4.78, 5) is 8.56. The minimum atomic E-state index is 0.898. The summed E-state index contributed by atoms with van der Waals surface area (Å²) in [6.07, 6.45) is 3.57. The van der Waals surface area contributed by atoms with Crippen LogP contribution in [0.1, 0.15) is 5.56 Å². The predicted octanol–water partition coefficient (Wildman–Crippen LogP) is 3.46. The highest BCUT2D eigenvalue weighted by Gasteiger charge is 2.06. The molecule has 0 spiro atoms. The first-order valence-electron chi connectivity index (χ1n) is 3.75.